The highest BCUT2D eigenvalue weighted by Gasteiger charge is 2.05. The fourth-order valence-corrected chi connectivity index (χ4v) is 2.06. The first-order chi connectivity index (χ1) is 8.28. The molecule has 2 aromatic heterocycles. The van der Waals surface area contributed by atoms with Crippen molar-refractivity contribution in [2.24, 2.45) is 0 Å². The van der Waals surface area contributed by atoms with Crippen molar-refractivity contribution in [2.45, 2.75) is 6.42 Å². The third kappa shape index (κ3) is 3.29. The number of nitrogens with zero attached hydrogens (tertiary/aromatic N) is 1. The van der Waals surface area contributed by atoms with Crippen LogP contribution in [0.15, 0.2) is 35.8 Å². The summed E-state index contributed by atoms with van der Waals surface area (Å²) in [5.74, 6) is 0.487. The molecule has 0 aromatic carbocycles. The van der Waals surface area contributed by atoms with Crippen LogP contribution in [0.25, 0.3) is 0 Å². The van der Waals surface area contributed by atoms with Gasteiger partial charge in [0.2, 0.25) is 11.8 Å². The molecule has 0 spiro atoms. The van der Waals surface area contributed by atoms with Gasteiger partial charge in [0, 0.05) is 10.9 Å². The van der Waals surface area contributed by atoms with Crippen molar-refractivity contribution in [1.29, 1.82) is 0 Å². The lowest BCUT2D eigenvalue weighted by atomic mass is 10.3. The summed E-state index contributed by atoms with van der Waals surface area (Å²) in [6.45, 7) is 0. The van der Waals surface area contributed by atoms with E-state index < -0.39 is 0 Å². The predicted octanol–water partition coefficient (Wildman–Crippen LogP) is 2.33. The number of hydrogen-bond acceptors (Lipinski definition) is 4. The van der Waals surface area contributed by atoms with Gasteiger partial charge in [-0.3, -0.25) is 4.79 Å². The second kappa shape index (κ2) is 5.45. The number of methoxy groups -OCH3 is 1. The molecular weight excluding hydrogens is 236 g/mol. The van der Waals surface area contributed by atoms with Gasteiger partial charge in [0.15, 0.2) is 0 Å². The van der Waals surface area contributed by atoms with Gasteiger partial charge in [-0.1, -0.05) is 6.07 Å². The number of ether oxygens (including phenoxy) is 1. The molecule has 4 nitrogen and oxygen atoms in total. The van der Waals surface area contributed by atoms with Gasteiger partial charge >= 0.3 is 0 Å². The average molecular weight is 248 g/mol. The molecule has 0 radical (unpaired) electrons. The number of rotatable bonds is 4. The molecule has 0 fully saturated rings. The van der Waals surface area contributed by atoms with E-state index in [9.17, 15) is 4.79 Å². The molecule has 0 aliphatic carbocycles. The number of anilines is 1. The third-order valence-electron chi connectivity index (χ3n) is 2.14. The largest absolute Gasteiger partial charge is 0.481 e. The van der Waals surface area contributed by atoms with E-state index in [0.29, 0.717) is 18.0 Å². The van der Waals surface area contributed by atoms with E-state index in [4.69, 9.17) is 4.74 Å². The highest BCUT2D eigenvalue weighted by atomic mass is 32.1. The van der Waals surface area contributed by atoms with Gasteiger partial charge in [-0.25, -0.2) is 4.98 Å². The highest BCUT2D eigenvalue weighted by molar-refractivity contribution is 7.10. The van der Waals surface area contributed by atoms with Gasteiger partial charge in [-0.2, -0.15) is 0 Å². The number of nitrogens with one attached hydrogen (secondary N) is 1. The molecule has 17 heavy (non-hydrogen) atoms. The molecular formula is C12H12N2O2S. The smallest absolute Gasteiger partial charge is 0.229 e. The minimum absolute atomic E-state index is 0.0422. The lowest BCUT2D eigenvalue weighted by Gasteiger charge is -2.04. The fourth-order valence-electron chi connectivity index (χ4n) is 1.35. The molecule has 1 N–H and O–H groups in total. The zero-order chi connectivity index (χ0) is 12.1. The second-order valence-electron chi connectivity index (χ2n) is 3.39. The van der Waals surface area contributed by atoms with E-state index in [-0.39, 0.29) is 5.91 Å². The van der Waals surface area contributed by atoms with Gasteiger partial charge in [0.1, 0.15) is 0 Å². The van der Waals surface area contributed by atoms with Crippen molar-refractivity contribution in [3.8, 4) is 5.88 Å². The molecule has 0 bridgehead atoms. The van der Waals surface area contributed by atoms with Crippen LogP contribution in [0, 0.1) is 0 Å². The van der Waals surface area contributed by atoms with Crippen LogP contribution in [0.1, 0.15) is 4.88 Å². The van der Waals surface area contributed by atoms with Crippen LogP contribution in [-0.2, 0) is 11.2 Å². The Morgan fingerprint density at radius 3 is 2.94 bits per heavy atom. The molecule has 88 valence electrons. The first-order valence-electron chi connectivity index (χ1n) is 5.10. The lowest BCUT2D eigenvalue weighted by molar-refractivity contribution is -0.115. The Bertz CT molecular complexity index is 480. The molecule has 0 aliphatic heterocycles. The topological polar surface area (TPSA) is 51.2 Å². The summed E-state index contributed by atoms with van der Waals surface area (Å²) in [4.78, 5) is 16.7. The van der Waals surface area contributed by atoms with Crippen LogP contribution in [0.5, 0.6) is 5.88 Å². The van der Waals surface area contributed by atoms with E-state index in [1.54, 1.807) is 36.8 Å². The Balaban J connectivity index is 1.93. The summed E-state index contributed by atoms with van der Waals surface area (Å²) in [6.07, 6.45) is 1.97. The number of hydrogen-bond donors (Lipinski definition) is 1. The molecule has 5 heteroatoms. The highest BCUT2D eigenvalue weighted by Crippen LogP contribution is 2.13. The molecule has 0 saturated carbocycles. The molecule has 0 saturated heterocycles. The molecule has 2 aromatic rings. The van der Waals surface area contributed by atoms with Gasteiger partial charge in [0.25, 0.3) is 0 Å². The van der Waals surface area contributed by atoms with Gasteiger partial charge < -0.3 is 10.1 Å². The predicted molar refractivity (Wildman–Crippen MR) is 67.4 cm³/mol. The number of amides is 1. The van der Waals surface area contributed by atoms with E-state index in [1.807, 2.05) is 17.5 Å². The monoisotopic (exact) mass is 248 g/mol. The Hall–Kier alpha value is -1.88. The summed E-state index contributed by atoms with van der Waals surface area (Å²) in [5, 5.41) is 4.74. The Labute approximate surface area is 103 Å². The van der Waals surface area contributed by atoms with Crippen LogP contribution < -0.4 is 10.1 Å². The van der Waals surface area contributed by atoms with E-state index in [0.717, 1.165) is 4.88 Å². The number of carbonyl (C=O) groups excluding carboxylic acids is 1. The SMILES string of the molecule is COc1ccc(NC(=O)Cc2cccs2)cn1. The van der Waals surface area contributed by atoms with Crippen LogP contribution >= 0.6 is 11.3 Å². The Morgan fingerprint density at radius 2 is 2.35 bits per heavy atom. The normalized spacial score (nSPS) is 9.94. The van der Waals surface area contributed by atoms with Crippen LogP contribution in [-0.4, -0.2) is 18.0 Å². The first kappa shape index (κ1) is 11.6. The van der Waals surface area contributed by atoms with E-state index >= 15 is 0 Å². The van der Waals surface area contributed by atoms with Crippen LogP contribution in [0.4, 0.5) is 5.69 Å². The Morgan fingerprint density at radius 1 is 1.47 bits per heavy atom. The lowest BCUT2D eigenvalue weighted by Crippen LogP contribution is -2.13. The number of carbonyl (C=O) groups is 1. The van der Waals surface area contributed by atoms with Crippen molar-refractivity contribution in [3.63, 3.8) is 0 Å². The standard InChI is InChI=1S/C12H12N2O2S/c1-16-12-5-4-9(8-13-12)14-11(15)7-10-3-2-6-17-10/h2-6,8H,7H2,1H3,(H,14,15). The molecule has 0 atom stereocenters. The number of pyridine rings is 1. The number of aromatic nitrogens is 1. The van der Waals surface area contributed by atoms with Gasteiger partial charge in [-0.05, 0) is 17.5 Å². The molecule has 2 rings (SSSR count). The Kier molecular flexibility index (Phi) is 3.72. The maximum atomic E-state index is 11.7. The van der Waals surface area contributed by atoms with Crippen molar-refractivity contribution >= 4 is 22.9 Å². The maximum Gasteiger partial charge on any atom is 0.229 e. The molecule has 0 aliphatic rings. The van der Waals surface area contributed by atoms with Crippen molar-refractivity contribution < 1.29 is 9.53 Å². The summed E-state index contributed by atoms with van der Waals surface area (Å²) in [5.41, 5.74) is 0.673. The van der Waals surface area contributed by atoms with E-state index in [1.165, 1.54) is 0 Å². The second-order valence-corrected chi connectivity index (χ2v) is 4.43. The molecule has 2 heterocycles. The van der Waals surface area contributed by atoms with Crippen LogP contribution in [0.2, 0.25) is 0 Å². The maximum absolute atomic E-state index is 11.7. The fraction of sp³-hybridized carbons (Fsp3) is 0.167. The van der Waals surface area contributed by atoms with Gasteiger partial charge in [0.05, 0.1) is 25.4 Å². The summed E-state index contributed by atoms with van der Waals surface area (Å²) >= 11 is 1.57. The average Bonchev–Trinajstić information content (AvgIpc) is 2.82. The third-order valence-corrected chi connectivity index (χ3v) is 3.02. The van der Waals surface area contributed by atoms with Crippen molar-refractivity contribution in [3.05, 3.63) is 40.7 Å². The number of thiophene rings is 1. The quantitative estimate of drug-likeness (QED) is 0.903. The summed E-state index contributed by atoms with van der Waals surface area (Å²) in [6, 6.07) is 7.34. The summed E-state index contributed by atoms with van der Waals surface area (Å²) < 4.78 is 4.94. The summed E-state index contributed by atoms with van der Waals surface area (Å²) in [7, 11) is 1.55. The molecule has 1 amide bonds. The minimum Gasteiger partial charge on any atom is -0.481 e. The van der Waals surface area contributed by atoms with E-state index in [2.05, 4.69) is 10.3 Å². The minimum atomic E-state index is -0.0422. The van der Waals surface area contributed by atoms with Crippen LogP contribution in [0.3, 0.4) is 0 Å². The van der Waals surface area contributed by atoms with Crippen molar-refractivity contribution in [2.75, 3.05) is 12.4 Å². The van der Waals surface area contributed by atoms with Crippen molar-refractivity contribution in [1.82, 2.24) is 4.98 Å². The van der Waals surface area contributed by atoms with Gasteiger partial charge in [-0.15, -0.1) is 11.3 Å². The zero-order valence-corrected chi connectivity index (χ0v) is 10.2. The first-order valence-corrected chi connectivity index (χ1v) is 5.98. The zero-order valence-electron chi connectivity index (χ0n) is 9.34. The molecule has 0 unspecified atom stereocenters.